The zero-order valence-electron chi connectivity index (χ0n) is 9.34. The Balaban J connectivity index is 2.14. The third-order valence-corrected chi connectivity index (χ3v) is 2.92. The molecule has 0 radical (unpaired) electrons. The molecule has 1 aromatic carbocycles. The number of hydrogen-bond donors (Lipinski definition) is 1. The fourth-order valence-electron chi connectivity index (χ4n) is 1.60. The molecule has 1 saturated carbocycles. The molecule has 1 aliphatic carbocycles. The van der Waals surface area contributed by atoms with Crippen LogP contribution in [0.25, 0.3) is 0 Å². The molecule has 1 fully saturated rings. The molecule has 80 valence electrons. The Morgan fingerprint density at radius 1 is 1.47 bits per heavy atom. The van der Waals surface area contributed by atoms with Gasteiger partial charge in [-0.3, -0.25) is 4.79 Å². The standard InChI is InChI=1S/C13H17NO/c1-3-10-5-4-9(2)12(8-10)14-13(15)11-6-7-11/h4-5,8,11H,3,6-7H2,1-2H3,(H,14,15). The van der Waals surface area contributed by atoms with Crippen LogP contribution in [-0.2, 0) is 11.2 Å². The van der Waals surface area contributed by atoms with Crippen molar-refractivity contribution in [2.75, 3.05) is 5.32 Å². The zero-order valence-corrected chi connectivity index (χ0v) is 9.34. The number of benzene rings is 1. The first kappa shape index (κ1) is 10.2. The maximum Gasteiger partial charge on any atom is 0.227 e. The van der Waals surface area contributed by atoms with Crippen LogP contribution in [0.3, 0.4) is 0 Å². The molecule has 1 amide bonds. The second-order valence-electron chi connectivity index (χ2n) is 4.27. The van der Waals surface area contributed by atoms with E-state index in [0.29, 0.717) is 0 Å². The van der Waals surface area contributed by atoms with Gasteiger partial charge in [0.15, 0.2) is 0 Å². The van der Waals surface area contributed by atoms with Crippen LogP contribution in [0.2, 0.25) is 0 Å². The van der Waals surface area contributed by atoms with Gasteiger partial charge in [0, 0.05) is 11.6 Å². The summed E-state index contributed by atoms with van der Waals surface area (Å²) in [6.45, 7) is 4.15. The fourth-order valence-corrected chi connectivity index (χ4v) is 1.60. The molecule has 2 nitrogen and oxygen atoms in total. The number of carbonyl (C=O) groups excluding carboxylic acids is 1. The Labute approximate surface area is 90.7 Å². The quantitative estimate of drug-likeness (QED) is 0.804. The van der Waals surface area contributed by atoms with Gasteiger partial charge in [-0.25, -0.2) is 0 Å². The van der Waals surface area contributed by atoms with Crippen LogP contribution in [0, 0.1) is 12.8 Å². The summed E-state index contributed by atoms with van der Waals surface area (Å²) in [4.78, 5) is 11.6. The molecule has 0 heterocycles. The minimum absolute atomic E-state index is 0.186. The molecular weight excluding hydrogens is 186 g/mol. The van der Waals surface area contributed by atoms with E-state index in [1.54, 1.807) is 0 Å². The highest BCUT2D eigenvalue weighted by molar-refractivity contribution is 5.94. The first-order valence-corrected chi connectivity index (χ1v) is 5.61. The molecule has 2 rings (SSSR count). The van der Waals surface area contributed by atoms with Crippen LogP contribution in [0.15, 0.2) is 18.2 Å². The first-order chi connectivity index (χ1) is 7.20. The molecule has 1 aliphatic rings. The second-order valence-corrected chi connectivity index (χ2v) is 4.27. The lowest BCUT2D eigenvalue weighted by atomic mass is 10.1. The third kappa shape index (κ3) is 2.38. The summed E-state index contributed by atoms with van der Waals surface area (Å²) in [6.07, 6.45) is 3.11. The smallest absolute Gasteiger partial charge is 0.227 e. The number of anilines is 1. The Morgan fingerprint density at radius 2 is 2.20 bits per heavy atom. The Bertz CT molecular complexity index is 380. The van der Waals surface area contributed by atoms with E-state index in [4.69, 9.17) is 0 Å². The average molecular weight is 203 g/mol. The minimum atomic E-state index is 0.186. The predicted molar refractivity (Wildman–Crippen MR) is 61.9 cm³/mol. The average Bonchev–Trinajstić information content (AvgIpc) is 3.04. The van der Waals surface area contributed by atoms with Crippen molar-refractivity contribution in [1.29, 1.82) is 0 Å². The van der Waals surface area contributed by atoms with Gasteiger partial charge in [0.1, 0.15) is 0 Å². The van der Waals surface area contributed by atoms with Crippen molar-refractivity contribution in [2.45, 2.75) is 33.1 Å². The molecule has 0 aliphatic heterocycles. The van der Waals surface area contributed by atoms with Crippen LogP contribution in [0.4, 0.5) is 5.69 Å². The summed E-state index contributed by atoms with van der Waals surface area (Å²) >= 11 is 0. The molecule has 2 heteroatoms. The molecule has 0 unspecified atom stereocenters. The second kappa shape index (κ2) is 4.05. The highest BCUT2D eigenvalue weighted by atomic mass is 16.2. The van der Waals surface area contributed by atoms with Gasteiger partial charge in [-0.1, -0.05) is 19.1 Å². The molecule has 1 N–H and O–H groups in total. The van der Waals surface area contributed by atoms with Gasteiger partial charge in [0.25, 0.3) is 0 Å². The van der Waals surface area contributed by atoms with Gasteiger partial charge < -0.3 is 5.32 Å². The topological polar surface area (TPSA) is 29.1 Å². The lowest BCUT2D eigenvalue weighted by Crippen LogP contribution is -2.14. The van der Waals surface area contributed by atoms with E-state index in [9.17, 15) is 4.79 Å². The maximum absolute atomic E-state index is 11.6. The monoisotopic (exact) mass is 203 g/mol. The first-order valence-electron chi connectivity index (χ1n) is 5.61. The van der Waals surface area contributed by atoms with Crippen molar-refractivity contribution in [3.8, 4) is 0 Å². The number of rotatable bonds is 3. The zero-order chi connectivity index (χ0) is 10.8. The normalized spacial score (nSPS) is 15.1. The van der Waals surface area contributed by atoms with E-state index in [1.807, 2.05) is 6.92 Å². The number of nitrogens with one attached hydrogen (secondary N) is 1. The van der Waals surface area contributed by atoms with Gasteiger partial charge in [-0.2, -0.15) is 0 Å². The van der Waals surface area contributed by atoms with Crippen molar-refractivity contribution in [3.63, 3.8) is 0 Å². The van der Waals surface area contributed by atoms with Crippen molar-refractivity contribution in [2.24, 2.45) is 5.92 Å². The third-order valence-electron chi connectivity index (χ3n) is 2.92. The summed E-state index contributed by atoms with van der Waals surface area (Å²) in [6, 6.07) is 6.26. The van der Waals surface area contributed by atoms with Crippen LogP contribution >= 0.6 is 0 Å². The van der Waals surface area contributed by atoms with E-state index in [1.165, 1.54) is 5.56 Å². The van der Waals surface area contributed by atoms with E-state index in [0.717, 1.165) is 30.5 Å². The van der Waals surface area contributed by atoms with Gasteiger partial charge in [0.05, 0.1) is 0 Å². The van der Waals surface area contributed by atoms with Gasteiger partial charge in [-0.05, 0) is 43.4 Å². The van der Waals surface area contributed by atoms with E-state index in [2.05, 4.69) is 30.4 Å². The summed E-state index contributed by atoms with van der Waals surface area (Å²) in [5, 5.41) is 3.01. The molecule has 1 aromatic rings. The Morgan fingerprint density at radius 3 is 2.80 bits per heavy atom. The largest absolute Gasteiger partial charge is 0.326 e. The summed E-state index contributed by atoms with van der Waals surface area (Å²) < 4.78 is 0. The van der Waals surface area contributed by atoms with Crippen molar-refractivity contribution in [1.82, 2.24) is 0 Å². The van der Waals surface area contributed by atoms with Gasteiger partial charge in [0.2, 0.25) is 5.91 Å². The molecule has 0 saturated heterocycles. The van der Waals surface area contributed by atoms with Crippen LogP contribution in [0.1, 0.15) is 30.9 Å². The molecule has 0 spiro atoms. The number of hydrogen-bond acceptors (Lipinski definition) is 1. The highest BCUT2D eigenvalue weighted by Crippen LogP contribution is 2.30. The number of carbonyl (C=O) groups is 1. The lowest BCUT2D eigenvalue weighted by Gasteiger charge is -2.09. The summed E-state index contributed by atoms with van der Waals surface area (Å²) in [5.41, 5.74) is 3.39. The maximum atomic E-state index is 11.6. The summed E-state index contributed by atoms with van der Waals surface area (Å²) in [5.74, 6) is 0.459. The molecule has 0 bridgehead atoms. The van der Waals surface area contributed by atoms with Crippen LogP contribution in [-0.4, -0.2) is 5.91 Å². The molecular formula is C13H17NO. The fraction of sp³-hybridized carbons (Fsp3) is 0.462. The predicted octanol–water partition coefficient (Wildman–Crippen LogP) is 2.91. The van der Waals surface area contributed by atoms with Crippen LogP contribution in [0.5, 0.6) is 0 Å². The lowest BCUT2D eigenvalue weighted by molar-refractivity contribution is -0.117. The van der Waals surface area contributed by atoms with Crippen molar-refractivity contribution in [3.05, 3.63) is 29.3 Å². The van der Waals surface area contributed by atoms with Gasteiger partial charge >= 0.3 is 0 Å². The highest BCUT2D eigenvalue weighted by Gasteiger charge is 2.29. The SMILES string of the molecule is CCc1ccc(C)c(NC(=O)C2CC2)c1. The molecule has 0 atom stereocenters. The number of aryl methyl sites for hydroxylation is 2. The Hall–Kier alpha value is -1.31. The molecule has 0 aromatic heterocycles. The van der Waals surface area contributed by atoms with Crippen molar-refractivity contribution < 1.29 is 4.79 Å². The van der Waals surface area contributed by atoms with Crippen molar-refractivity contribution >= 4 is 11.6 Å². The van der Waals surface area contributed by atoms with E-state index >= 15 is 0 Å². The van der Waals surface area contributed by atoms with Gasteiger partial charge in [-0.15, -0.1) is 0 Å². The Kier molecular flexibility index (Phi) is 2.76. The number of amides is 1. The molecule has 15 heavy (non-hydrogen) atoms. The van der Waals surface area contributed by atoms with E-state index < -0.39 is 0 Å². The minimum Gasteiger partial charge on any atom is -0.326 e. The summed E-state index contributed by atoms with van der Waals surface area (Å²) in [7, 11) is 0. The van der Waals surface area contributed by atoms with Crippen LogP contribution < -0.4 is 5.32 Å². The van der Waals surface area contributed by atoms with E-state index in [-0.39, 0.29) is 11.8 Å².